The molecule has 1 atom stereocenters. The minimum absolute atomic E-state index is 0.0900. The average molecular weight is 323 g/mol. The number of aromatic amines is 1. The van der Waals surface area contributed by atoms with Crippen molar-refractivity contribution in [3.63, 3.8) is 0 Å². The monoisotopic (exact) mass is 323 g/mol. The number of halogens is 3. The van der Waals surface area contributed by atoms with Gasteiger partial charge >= 0.3 is 6.18 Å². The number of H-pyrrole nitrogens is 1. The molecule has 122 valence electrons. The van der Waals surface area contributed by atoms with E-state index in [4.69, 9.17) is 0 Å². The molecule has 23 heavy (non-hydrogen) atoms. The van der Waals surface area contributed by atoms with Crippen LogP contribution < -0.4 is 5.32 Å². The fraction of sp³-hybridized carbons (Fsp3) is 0.375. The number of fused-ring (bicyclic) bond motifs is 1. The highest BCUT2D eigenvalue weighted by molar-refractivity contribution is 5.79. The topological polar surface area (TPSA) is 57.8 Å². The van der Waals surface area contributed by atoms with Gasteiger partial charge in [0.05, 0.1) is 17.6 Å². The number of hydrogen-bond donors (Lipinski definition) is 2. The predicted molar refractivity (Wildman–Crippen MR) is 77.4 cm³/mol. The number of amides is 1. The molecule has 0 spiro atoms. The standard InChI is InChI=1S/C16H16F3N3O/c17-16(18,19)12-3-1-2-10(6-12)8-20-15(23)11-4-5-13-14(7-11)22-9-21-13/h1-3,6,9,11H,4-5,7-8H2,(H,20,23)(H,21,22). The number of nitrogens with one attached hydrogen (secondary N) is 2. The van der Waals surface area contributed by atoms with E-state index in [9.17, 15) is 18.0 Å². The second-order valence-corrected chi connectivity index (χ2v) is 5.68. The highest BCUT2D eigenvalue weighted by Gasteiger charge is 2.30. The molecule has 1 aromatic heterocycles. The van der Waals surface area contributed by atoms with Crippen molar-refractivity contribution in [1.82, 2.24) is 15.3 Å². The predicted octanol–water partition coefficient (Wildman–Crippen LogP) is 2.85. The van der Waals surface area contributed by atoms with Gasteiger partial charge in [-0.1, -0.05) is 12.1 Å². The molecule has 2 aromatic rings. The number of benzene rings is 1. The number of rotatable bonds is 3. The molecule has 0 radical (unpaired) electrons. The van der Waals surface area contributed by atoms with Gasteiger partial charge in [0.25, 0.3) is 0 Å². The van der Waals surface area contributed by atoms with E-state index >= 15 is 0 Å². The highest BCUT2D eigenvalue weighted by Crippen LogP contribution is 2.29. The van der Waals surface area contributed by atoms with Gasteiger partial charge in [-0.2, -0.15) is 13.2 Å². The summed E-state index contributed by atoms with van der Waals surface area (Å²) in [4.78, 5) is 19.4. The lowest BCUT2D eigenvalue weighted by Gasteiger charge is -2.20. The minimum Gasteiger partial charge on any atom is -0.352 e. The summed E-state index contributed by atoms with van der Waals surface area (Å²) in [5.41, 5.74) is 1.69. The quantitative estimate of drug-likeness (QED) is 0.912. The second kappa shape index (κ2) is 6.06. The van der Waals surface area contributed by atoms with Gasteiger partial charge in [0.2, 0.25) is 5.91 Å². The minimum atomic E-state index is -4.38. The zero-order valence-corrected chi connectivity index (χ0v) is 12.3. The van der Waals surface area contributed by atoms with Gasteiger partial charge in [-0.25, -0.2) is 4.98 Å². The fourth-order valence-corrected chi connectivity index (χ4v) is 2.81. The maximum Gasteiger partial charge on any atom is 0.416 e. The summed E-state index contributed by atoms with van der Waals surface area (Å²) in [6.07, 6.45) is -0.721. The van der Waals surface area contributed by atoms with Crippen molar-refractivity contribution >= 4 is 5.91 Å². The molecule has 1 aliphatic rings. The number of nitrogens with zero attached hydrogens (tertiary/aromatic N) is 1. The SMILES string of the molecule is O=C(NCc1cccc(C(F)(F)F)c1)C1CCc2[nH]cnc2C1. The average Bonchev–Trinajstić information content (AvgIpc) is 2.99. The number of imidazole rings is 1. The van der Waals surface area contributed by atoms with E-state index < -0.39 is 11.7 Å². The third-order valence-corrected chi connectivity index (χ3v) is 4.08. The molecule has 1 aromatic carbocycles. The van der Waals surface area contributed by atoms with E-state index in [1.54, 1.807) is 12.4 Å². The van der Waals surface area contributed by atoms with E-state index in [-0.39, 0.29) is 18.4 Å². The molecule has 0 fully saturated rings. The summed E-state index contributed by atoms with van der Waals surface area (Å²) in [7, 11) is 0. The largest absolute Gasteiger partial charge is 0.416 e. The number of aromatic nitrogens is 2. The maximum absolute atomic E-state index is 12.7. The fourth-order valence-electron chi connectivity index (χ4n) is 2.81. The lowest BCUT2D eigenvalue weighted by Crippen LogP contribution is -2.33. The maximum atomic E-state index is 12.7. The summed E-state index contributed by atoms with van der Waals surface area (Å²) in [5.74, 6) is -0.326. The third-order valence-electron chi connectivity index (χ3n) is 4.08. The lowest BCUT2D eigenvalue weighted by molar-refractivity contribution is -0.137. The van der Waals surface area contributed by atoms with Gasteiger partial charge in [-0.3, -0.25) is 4.79 Å². The van der Waals surface area contributed by atoms with Crippen molar-refractivity contribution in [2.24, 2.45) is 5.92 Å². The number of carbonyl (C=O) groups is 1. The molecule has 0 saturated carbocycles. The van der Waals surface area contributed by atoms with Gasteiger partial charge < -0.3 is 10.3 Å². The first-order chi connectivity index (χ1) is 10.9. The normalized spacial score (nSPS) is 17.6. The number of carbonyl (C=O) groups excluding carboxylic acids is 1. The van der Waals surface area contributed by atoms with E-state index in [0.717, 1.165) is 29.9 Å². The smallest absolute Gasteiger partial charge is 0.352 e. The summed E-state index contributed by atoms with van der Waals surface area (Å²) in [6, 6.07) is 5.00. The Bertz CT molecular complexity index is 709. The Kier molecular flexibility index (Phi) is 4.11. The van der Waals surface area contributed by atoms with Crippen LogP contribution in [0, 0.1) is 5.92 Å². The zero-order valence-electron chi connectivity index (χ0n) is 12.3. The molecule has 0 aliphatic heterocycles. The van der Waals surface area contributed by atoms with Crippen LogP contribution in [0.15, 0.2) is 30.6 Å². The van der Waals surface area contributed by atoms with Crippen molar-refractivity contribution in [3.8, 4) is 0 Å². The molecule has 3 rings (SSSR count). The molecule has 1 aliphatic carbocycles. The summed E-state index contributed by atoms with van der Waals surface area (Å²) < 4.78 is 38.0. The Hall–Kier alpha value is -2.31. The van der Waals surface area contributed by atoms with Crippen molar-refractivity contribution < 1.29 is 18.0 Å². The van der Waals surface area contributed by atoms with Gasteiger partial charge in [0, 0.05) is 24.6 Å². The van der Waals surface area contributed by atoms with Crippen LogP contribution in [0.2, 0.25) is 0 Å². The lowest BCUT2D eigenvalue weighted by atomic mass is 9.89. The molecule has 2 N–H and O–H groups in total. The Balaban J connectivity index is 1.60. The highest BCUT2D eigenvalue weighted by atomic mass is 19.4. The van der Waals surface area contributed by atoms with Gasteiger partial charge in [0.15, 0.2) is 0 Å². The molecule has 0 saturated heterocycles. The molecule has 4 nitrogen and oxygen atoms in total. The zero-order chi connectivity index (χ0) is 16.4. The van der Waals surface area contributed by atoms with Crippen LogP contribution in [0.4, 0.5) is 13.2 Å². The number of aryl methyl sites for hydroxylation is 1. The first-order valence-electron chi connectivity index (χ1n) is 7.38. The van der Waals surface area contributed by atoms with Gasteiger partial charge in [-0.05, 0) is 30.5 Å². The molecule has 1 amide bonds. The second-order valence-electron chi connectivity index (χ2n) is 5.68. The Morgan fingerprint density at radius 2 is 2.22 bits per heavy atom. The molecule has 1 heterocycles. The Morgan fingerprint density at radius 1 is 1.39 bits per heavy atom. The molecule has 7 heteroatoms. The van der Waals surface area contributed by atoms with E-state index in [1.165, 1.54) is 6.07 Å². The first-order valence-corrected chi connectivity index (χ1v) is 7.38. The summed E-state index contributed by atoms with van der Waals surface area (Å²) in [5, 5.41) is 2.73. The third kappa shape index (κ3) is 3.55. The van der Waals surface area contributed by atoms with Crippen molar-refractivity contribution in [2.45, 2.75) is 32.0 Å². The van der Waals surface area contributed by atoms with Gasteiger partial charge in [0.1, 0.15) is 0 Å². The number of alkyl halides is 3. The van der Waals surface area contributed by atoms with Crippen LogP contribution >= 0.6 is 0 Å². The van der Waals surface area contributed by atoms with Crippen LogP contribution in [0.1, 0.15) is 28.9 Å². The molecule has 0 bridgehead atoms. The molecular weight excluding hydrogens is 307 g/mol. The van der Waals surface area contributed by atoms with E-state index in [0.29, 0.717) is 18.4 Å². The number of hydrogen-bond acceptors (Lipinski definition) is 2. The Labute approximate surface area is 131 Å². The van der Waals surface area contributed by atoms with Crippen LogP contribution in [0.5, 0.6) is 0 Å². The van der Waals surface area contributed by atoms with E-state index in [1.807, 2.05) is 0 Å². The summed E-state index contributed by atoms with van der Waals surface area (Å²) in [6.45, 7) is 0.0900. The first kappa shape index (κ1) is 15.6. The Morgan fingerprint density at radius 3 is 3.00 bits per heavy atom. The van der Waals surface area contributed by atoms with Crippen LogP contribution in [-0.2, 0) is 30.4 Å². The molecule has 1 unspecified atom stereocenters. The van der Waals surface area contributed by atoms with Crippen LogP contribution in [-0.4, -0.2) is 15.9 Å². The van der Waals surface area contributed by atoms with Crippen LogP contribution in [0.25, 0.3) is 0 Å². The van der Waals surface area contributed by atoms with Gasteiger partial charge in [-0.15, -0.1) is 0 Å². The van der Waals surface area contributed by atoms with Crippen molar-refractivity contribution in [1.29, 1.82) is 0 Å². The summed E-state index contributed by atoms with van der Waals surface area (Å²) >= 11 is 0. The van der Waals surface area contributed by atoms with Crippen LogP contribution in [0.3, 0.4) is 0 Å². The van der Waals surface area contributed by atoms with Crippen molar-refractivity contribution in [3.05, 3.63) is 53.1 Å². The molecular formula is C16H16F3N3O. The van der Waals surface area contributed by atoms with E-state index in [2.05, 4.69) is 15.3 Å². The van der Waals surface area contributed by atoms with Crippen molar-refractivity contribution in [2.75, 3.05) is 0 Å².